The normalized spacial score (nSPS) is 22.4. The van der Waals surface area contributed by atoms with Crippen molar-refractivity contribution in [3.63, 3.8) is 0 Å². The average Bonchev–Trinajstić information content (AvgIpc) is 2.61. The molecule has 6 nitrogen and oxygen atoms in total. The van der Waals surface area contributed by atoms with Crippen molar-refractivity contribution in [2.24, 2.45) is 0 Å². The molecule has 0 aromatic heterocycles. The molecule has 0 spiro atoms. The van der Waals surface area contributed by atoms with Crippen molar-refractivity contribution >= 4 is 23.3 Å². The van der Waals surface area contributed by atoms with E-state index in [0.717, 1.165) is 18.8 Å². The Labute approximate surface area is 115 Å². The van der Waals surface area contributed by atoms with Gasteiger partial charge < -0.3 is 4.90 Å². The molecule has 6 heteroatoms. The maximum atomic E-state index is 11.6. The van der Waals surface area contributed by atoms with Gasteiger partial charge in [0.1, 0.15) is 0 Å². The monoisotopic (exact) mass is 271 g/mol. The van der Waals surface area contributed by atoms with Crippen LogP contribution < -0.4 is 10.2 Å². The molecule has 1 aromatic carbocycles. The van der Waals surface area contributed by atoms with E-state index < -0.39 is 0 Å². The number of Topliss-reactive ketones (excluding diaryl/α,β-unsaturated/α-hetero) is 1. The number of carbonyl (C=O) groups is 3. The Morgan fingerprint density at radius 2 is 1.70 bits per heavy atom. The molecule has 0 aliphatic carbocycles. The highest BCUT2D eigenvalue weighted by Gasteiger charge is 2.38. The van der Waals surface area contributed by atoms with Gasteiger partial charge in [-0.05, 0) is 18.2 Å². The summed E-state index contributed by atoms with van der Waals surface area (Å²) in [5.41, 5.74) is 1.86. The van der Waals surface area contributed by atoms with E-state index in [9.17, 15) is 14.4 Å². The lowest BCUT2D eigenvalue weighted by atomic mass is 10.00. The Bertz CT molecular complexity index is 641. The zero-order chi connectivity index (χ0) is 13.9. The van der Waals surface area contributed by atoms with Crippen LogP contribution in [0.3, 0.4) is 0 Å². The summed E-state index contributed by atoms with van der Waals surface area (Å²) >= 11 is 0. The summed E-state index contributed by atoms with van der Waals surface area (Å²) in [7, 11) is 0. The van der Waals surface area contributed by atoms with Gasteiger partial charge in [-0.3, -0.25) is 24.6 Å². The lowest BCUT2D eigenvalue weighted by molar-refractivity contribution is -0.131. The van der Waals surface area contributed by atoms with Gasteiger partial charge in [-0.2, -0.15) is 0 Å². The van der Waals surface area contributed by atoms with Gasteiger partial charge in [0.15, 0.2) is 5.78 Å². The number of fused-ring (bicyclic) bond motifs is 1. The fourth-order valence-electron chi connectivity index (χ4n) is 2.91. The van der Waals surface area contributed by atoms with Crippen LogP contribution in [0.25, 0.3) is 0 Å². The maximum Gasteiger partial charge on any atom is 0.259 e. The van der Waals surface area contributed by atoms with Crippen LogP contribution >= 0.6 is 0 Å². The van der Waals surface area contributed by atoms with Gasteiger partial charge in [-0.1, -0.05) is 0 Å². The van der Waals surface area contributed by atoms with Gasteiger partial charge in [0.05, 0.1) is 24.2 Å². The zero-order valence-corrected chi connectivity index (χ0v) is 10.8. The van der Waals surface area contributed by atoms with Crippen molar-refractivity contribution in [2.75, 3.05) is 31.1 Å². The topological polar surface area (TPSA) is 69.7 Å². The molecule has 0 radical (unpaired) electrons. The number of likely N-dealkylation sites (tertiary alicyclic amines) is 1. The lowest BCUT2D eigenvalue weighted by Gasteiger charge is -2.49. The zero-order valence-electron chi connectivity index (χ0n) is 10.8. The number of amides is 2. The number of nitrogens with zero attached hydrogens (tertiary/aromatic N) is 2. The number of imide groups is 1. The summed E-state index contributed by atoms with van der Waals surface area (Å²) in [4.78, 5) is 38.4. The highest BCUT2D eigenvalue weighted by Crippen LogP contribution is 2.28. The SMILES string of the molecule is O=C1CN(C2CN(c3ccc4c(c3)C(=O)NC4=O)C2)C1. The Balaban J connectivity index is 1.49. The molecule has 3 aliphatic rings. The molecule has 2 fully saturated rings. The van der Waals surface area contributed by atoms with Crippen LogP contribution in [0.2, 0.25) is 0 Å². The molecule has 3 aliphatic heterocycles. The van der Waals surface area contributed by atoms with Crippen LogP contribution in [0.4, 0.5) is 5.69 Å². The summed E-state index contributed by atoms with van der Waals surface area (Å²) < 4.78 is 0. The van der Waals surface area contributed by atoms with Crippen LogP contribution in [0, 0.1) is 0 Å². The number of hydrogen-bond acceptors (Lipinski definition) is 5. The van der Waals surface area contributed by atoms with E-state index in [-0.39, 0.29) is 11.8 Å². The van der Waals surface area contributed by atoms with Gasteiger partial charge in [0, 0.05) is 24.8 Å². The molecule has 0 atom stereocenters. The van der Waals surface area contributed by atoms with Gasteiger partial charge >= 0.3 is 0 Å². The first-order valence-electron chi connectivity index (χ1n) is 6.62. The molecule has 2 amide bonds. The molecule has 2 saturated heterocycles. The fourth-order valence-corrected chi connectivity index (χ4v) is 2.91. The fraction of sp³-hybridized carbons (Fsp3) is 0.357. The minimum Gasteiger partial charge on any atom is -0.368 e. The summed E-state index contributed by atoms with van der Waals surface area (Å²) in [6.45, 7) is 2.86. The molecule has 1 N–H and O–H groups in total. The van der Waals surface area contributed by atoms with Crippen molar-refractivity contribution in [2.45, 2.75) is 6.04 Å². The standard InChI is InChI=1S/C14H13N3O3/c18-10-6-17(7-10)9-4-16(5-9)8-1-2-11-12(3-8)14(20)15-13(11)19/h1-3,9H,4-7H2,(H,15,19,20). The highest BCUT2D eigenvalue weighted by atomic mass is 16.2. The molecule has 0 unspecified atom stereocenters. The molecule has 3 heterocycles. The molecule has 20 heavy (non-hydrogen) atoms. The Morgan fingerprint density at radius 3 is 2.40 bits per heavy atom. The Kier molecular flexibility index (Phi) is 2.26. The second kappa shape index (κ2) is 3.89. The van der Waals surface area contributed by atoms with Crippen molar-refractivity contribution in [3.05, 3.63) is 29.3 Å². The van der Waals surface area contributed by atoms with E-state index in [1.54, 1.807) is 12.1 Å². The third kappa shape index (κ3) is 1.58. The predicted molar refractivity (Wildman–Crippen MR) is 70.8 cm³/mol. The maximum absolute atomic E-state index is 11.6. The smallest absolute Gasteiger partial charge is 0.259 e. The van der Waals surface area contributed by atoms with Crippen LogP contribution in [-0.2, 0) is 4.79 Å². The molecule has 102 valence electrons. The minimum absolute atomic E-state index is 0.302. The first-order chi connectivity index (χ1) is 9.61. The van der Waals surface area contributed by atoms with Crippen molar-refractivity contribution in [1.82, 2.24) is 10.2 Å². The average molecular weight is 271 g/mol. The third-order valence-electron chi connectivity index (χ3n) is 4.22. The van der Waals surface area contributed by atoms with E-state index in [1.165, 1.54) is 0 Å². The number of rotatable bonds is 2. The Morgan fingerprint density at radius 1 is 1.00 bits per heavy atom. The van der Waals surface area contributed by atoms with E-state index >= 15 is 0 Å². The van der Waals surface area contributed by atoms with E-state index in [2.05, 4.69) is 15.1 Å². The largest absolute Gasteiger partial charge is 0.368 e. The molecular weight excluding hydrogens is 258 g/mol. The van der Waals surface area contributed by atoms with Crippen LogP contribution in [-0.4, -0.2) is 54.7 Å². The van der Waals surface area contributed by atoms with Gasteiger partial charge in [-0.25, -0.2) is 0 Å². The number of ketones is 1. The van der Waals surface area contributed by atoms with Crippen LogP contribution in [0.5, 0.6) is 0 Å². The number of hydrogen-bond donors (Lipinski definition) is 1. The summed E-state index contributed by atoms with van der Waals surface area (Å²) in [5.74, 6) is -0.342. The Hall–Kier alpha value is -2.21. The van der Waals surface area contributed by atoms with Crippen molar-refractivity contribution in [1.29, 1.82) is 0 Å². The number of carbonyl (C=O) groups excluding carboxylic acids is 3. The van der Waals surface area contributed by atoms with Crippen LogP contribution in [0.15, 0.2) is 18.2 Å². The summed E-state index contributed by atoms with van der Waals surface area (Å²) in [5, 5.41) is 2.29. The lowest BCUT2D eigenvalue weighted by Crippen LogP contribution is -2.65. The number of anilines is 1. The first-order valence-corrected chi connectivity index (χ1v) is 6.62. The number of benzene rings is 1. The predicted octanol–water partition coefficient (Wildman–Crippen LogP) is -0.357. The second-order valence-corrected chi connectivity index (χ2v) is 5.52. The highest BCUT2D eigenvalue weighted by molar-refractivity contribution is 6.21. The molecule has 1 aromatic rings. The molecular formula is C14H13N3O3. The molecule has 0 saturated carbocycles. The van der Waals surface area contributed by atoms with E-state index in [1.807, 2.05) is 6.07 Å². The number of nitrogens with one attached hydrogen (secondary N) is 1. The van der Waals surface area contributed by atoms with Gasteiger partial charge in [0.25, 0.3) is 11.8 Å². The van der Waals surface area contributed by atoms with E-state index in [4.69, 9.17) is 0 Å². The molecule has 0 bridgehead atoms. The van der Waals surface area contributed by atoms with Gasteiger partial charge in [-0.15, -0.1) is 0 Å². The van der Waals surface area contributed by atoms with E-state index in [0.29, 0.717) is 36.0 Å². The summed E-state index contributed by atoms with van der Waals surface area (Å²) in [6.07, 6.45) is 0. The first kappa shape index (κ1) is 11.6. The summed E-state index contributed by atoms with van der Waals surface area (Å²) in [6, 6.07) is 5.77. The van der Waals surface area contributed by atoms with Gasteiger partial charge in [0.2, 0.25) is 0 Å². The quantitative estimate of drug-likeness (QED) is 0.744. The second-order valence-electron chi connectivity index (χ2n) is 5.52. The third-order valence-corrected chi connectivity index (χ3v) is 4.22. The van der Waals surface area contributed by atoms with Crippen molar-refractivity contribution in [3.8, 4) is 0 Å². The van der Waals surface area contributed by atoms with Crippen molar-refractivity contribution < 1.29 is 14.4 Å². The minimum atomic E-state index is -0.322. The van der Waals surface area contributed by atoms with Crippen LogP contribution in [0.1, 0.15) is 20.7 Å². The molecule has 4 rings (SSSR count).